The Morgan fingerprint density at radius 3 is 2.52 bits per heavy atom. The molecule has 1 aromatic carbocycles. The first-order valence-electron chi connectivity index (χ1n) is 6.98. The highest BCUT2D eigenvalue weighted by atomic mass is 35.5. The molecule has 21 heavy (non-hydrogen) atoms. The maximum Gasteiger partial charge on any atom is 0.229 e. The first-order valence-corrected chi connectivity index (χ1v) is 7.73. The average Bonchev–Trinajstić information content (AvgIpc) is 2.37. The predicted molar refractivity (Wildman–Crippen MR) is 86.2 cm³/mol. The molecule has 2 unspecified atom stereocenters. The van der Waals surface area contributed by atoms with Crippen molar-refractivity contribution in [2.24, 2.45) is 11.7 Å². The van der Waals surface area contributed by atoms with Gasteiger partial charge in [0.25, 0.3) is 0 Å². The van der Waals surface area contributed by atoms with E-state index in [1.807, 2.05) is 6.92 Å². The van der Waals surface area contributed by atoms with Crippen molar-refractivity contribution in [3.63, 3.8) is 0 Å². The molecule has 0 aliphatic heterocycles. The van der Waals surface area contributed by atoms with Gasteiger partial charge in [-0.25, -0.2) is 0 Å². The van der Waals surface area contributed by atoms with Crippen LogP contribution in [0.1, 0.15) is 32.6 Å². The van der Waals surface area contributed by atoms with E-state index < -0.39 is 5.54 Å². The number of nitrogens with two attached hydrogens (primary N) is 1. The van der Waals surface area contributed by atoms with E-state index in [9.17, 15) is 4.79 Å². The summed E-state index contributed by atoms with van der Waals surface area (Å²) in [6, 6.07) is 3.25. The Bertz CT molecular complexity index is 523. The molecule has 2 atom stereocenters. The molecule has 1 aromatic rings. The molecular weight excluding hydrogens is 311 g/mol. The highest BCUT2D eigenvalue weighted by Crippen LogP contribution is 2.37. The molecule has 4 nitrogen and oxygen atoms in total. The summed E-state index contributed by atoms with van der Waals surface area (Å²) in [5.41, 5.74) is 6.33. The summed E-state index contributed by atoms with van der Waals surface area (Å²) in [4.78, 5) is 12.5. The average molecular weight is 331 g/mol. The van der Waals surface area contributed by atoms with Gasteiger partial charge in [-0.15, -0.1) is 0 Å². The van der Waals surface area contributed by atoms with Crippen LogP contribution >= 0.6 is 23.2 Å². The van der Waals surface area contributed by atoms with E-state index in [0.717, 1.165) is 25.7 Å². The van der Waals surface area contributed by atoms with Crippen LogP contribution in [0.15, 0.2) is 12.1 Å². The molecule has 0 radical (unpaired) electrons. The maximum atomic E-state index is 12.5. The quantitative estimate of drug-likeness (QED) is 0.884. The van der Waals surface area contributed by atoms with E-state index >= 15 is 0 Å². The van der Waals surface area contributed by atoms with Gasteiger partial charge in [-0.3, -0.25) is 4.79 Å². The van der Waals surface area contributed by atoms with Crippen molar-refractivity contribution in [2.75, 3.05) is 12.4 Å². The van der Waals surface area contributed by atoms with Crippen molar-refractivity contribution < 1.29 is 9.53 Å². The van der Waals surface area contributed by atoms with Crippen LogP contribution in [-0.2, 0) is 4.79 Å². The van der Waals surface area contributed by atoms with Crippen LogP contribution in [0.5, 0.6) is 5.75 Å². The molecule has 1 amide bonds. The Labute approximate surface area is 134 Å². The van der Waals surface area contributed by atoms with Crippen molar-refractivity contribution in [2.45, 2.75) is 38.1 Å². The fourth-order valence-electron chi connectivity index (χ4n) is 2.85. The Hall–Kier alpha value is -0.970. The van der Waals surface area contributed by atoms with E-state index in [4.69, 9.17) is 33.7 Å². The van der Waals surface area contributed by atoms with Gasteiger partial charge in [0, 0.05) is 11.2 Å². The summed E-state index contributed by atoms with van der Waals surface area (Å²) in [6.07, 6.45) is 3.75. The highest BCUT2D eigenvalue weighted by Gasteiger charge is 2.37. The van der Waals surface area contributed by atoms with E-state index in [1.54, 1.807) is 12.1 Å². The van der Waals surface area contributed by atoms with Crippen LogP contribution in [0.4, 0.5) is 5.69 Å². The molecular formula is C15H20Cl2N2O2. The number of nitrogens with one attached hydrogen (secondary N) is 1. The summed E-state index contributed by atoms with van der Waals surface area (Å²) in [5, 5.41) is 3.58. The minimum Gasteiger partial charge on any atom is -0.494 e. The van der Waals surface area contributed by atoms with E-state index in [0.29, 0.717) is 21.5 Å². The lowest BCUT2D eigenvalue weighted by atomic mass is 9.74. The standard InChI is InChI=1S/C15H20Cl2N2O2/c1-15(18)6-4-3-5-10(15)14(20)19-9-7-11(16)13(21-2)12(17)8-9/h7-8,10H,3-6,18H2,1-2H3,(H,19,20). The number of halogens is 2. The largest absolute Gasteiger partial charge is 0.494 e. The second-order valence-electron chi connectivity index (χ2n) is 5.77. The normalized spacial score (nSPS) is 25.5. The third kappa shape index (κ3) is 3.62. The third-order valence-electron chi connectivity index (χ3n) is 4.04. The molecule has 2 rings (SSSR count). The Kier molecular flexibility index (Phi) is 5.02. The van der Waals surface area contributed by atoms with Crippen LogP contribution in [0, 0.1) is 5.92 Å². The number of ether oxygens (including phenoxy) is 1. The second kappa shape index (κ2) is 6.42. The molecule has 1 aliphatic rings. The molecule has 0 saturated heterocycles. The first kappa shape index (κ1) is 16.4. The number of hydrogen-bond donors (Lipinski definition) is 2. The Morgan fingerprint density at radius 1 is 1.38 bits per heavy atom. The number of anilines is 1. The van der Waals surface area contributed by atoms with Crippen LogP contribution in [0.25, 0.3) is 0 Å². The van der Waals surface area contributed by atoms with E-state index in [-0.39, 0.29) is 11.8 Å². The summed E-state index contributed by atoms with van der Waals surface area (Å²) in [5.74, 6) is 0.112. The maximum absolute atomic E-state index is 12.5. The van der Waals surface area contributed by atoms with Gasteiger partial charge in [0.15, 0.2) is 5.75 Å². The molecule has 1 fully saturated rings. The van der Waals surface area contributed by atoms with Crippen molar-refractivity contribution >= 4 is 34.8 Å². The molecule has 1 aliphatic carbocycles. The van der Waals surface area contributed by atoms with Gasteiger partial charge in [-0.2, -0.15) is 0 Å². The summed E-state index contributed by atoms with van der Waals surface area (Å²) >= 11 is 12.1. The zero-order valence-electron chi connectivity index (χ0n) is 12.2. The summed E-state index contributed by atoms with van der Waals surface area (Å²) < 4.78 is 5.09. The minimum absolute atomic E-state index is 0.0861. The van der Waals surface area contributed by atoms with Gasteiger partial charge < -0.3 is 15.8 Å². The van der Waals surface area contributed by atoms with Gasteiger partial charge in [-0.05, 0) is 31.9 Å². The van der Waals surface area contributed by atoms with E-state index in [2.05, 4.69) is 5.32 Å². The van der Waals surface area contributed by atoms with Crippen LogP contribution in [-0.4, -0.2) is 18.6 Å². The number of amides is 1. The number of carbonyl (C=O) groups is 1. The van der Waals surface area contributed by atoms with Crippen molar-refractivity contribution in [3.05, 3.63) is 22.2 Å². The minimum atomic E-state index is -0.470. The Morgan fingerprint density at radius 2 is 2.00 bits per heavy atom. The fourth-order valence-corrected chi connectivity index (χ4v) is 3.49. The van der Waals surface area contributed by atoms with Gasteiger partial charge in [0.1, 0.15) is 0 Å². The smallest absolute Gasteiger partial charge is 0.229 e. The summed E-state index contributed by atoms with van der Waals surface area (Å²) in [7, 11) is 1.49. The van der Waals surface area contributed by atoms with Crippen molar-refractivity contribution in [3.8, 4) is 5.75 Å². The second-order valence-corrected chi connectivity index (χ2v) is 6.58. The third-order valence-corrected chi connectivity index (χ3v) is 4.60. The van der Waals surface area contributed by atoms with Gasteiger partial charge in [0.2, 0.25) is 5.91 Å². The zero-order valence-corrected chi connectivity index (χ0v) is 13.7. The molecule has 116 valence electrons. The monoisotopic (exact) mass is 330 g/mol. The van der Waals surface area contributed by atoms with Crippen LogP contribution < -0.4 is 15.8 Å². The number of rotatable bonds is 3. The number of methoxy groups -OCH3 is 1. The van der Waals surface area contributed by atoms with Gasteiger partial charge in [0.05, 0.1) is 23.1 Å². The lowest BCUT2D eigenvalue weighted by Crippen LogP contribution is -2.51. The number of carbonyl (C=O) groups excluding carboxylic acids is 1. The topological polar surface area (TPSA) is 64.3 Å². The first-order chi connectivity index (χ1) is 9.85. The molecule has 0 heterocycles. The molecule has 0 spiro atoms. The van der Waals surface area contributed by atoms with Gasteiger partial charge in [-0.1, -0.05) is 36.0 Å². The molecule has 3 N–H and O–H groups in total. The molecule has 6 heteroatoms. The number of benzene rings is 1. The van der Waals surface area contributed by atoms with Crippen LogP contribution in [0.3, 0.4) is 0 Å². The molecule has 0 aromatic heterocycles. The molecule has 0 bridgehead atoms. The van der Waals surface area contributed by atoms with E-state index in [1.165, 1.54) is 7.11 Å². The zero-order chi connectivity index (χ0) is 15.6. The fraction of sp³-hybridized carbons (Fsp3) is 0.533. The van der Waals surface area contributed by atoms with Crippen LogP contribution in [0.2, 0.25) is 10.0 Å². The summed E-state index contributed by atoms with van der Waals surface area (Å²) in [6.45, 7) is 1.93. The molecule has 1 saturated carbocycles. The SMILES string of the molecule is COc1c(Cl)cc(NC(=O)C2CCCCC2(C)N)cc1Cl. The number of hydrogen-bond acceptors (Lipinski definition) is 3. The highest BCUT2D eigenvalue weighted by molar-refractivity contribution is 6.37. The lowest BCUT2D eigenvalue weighted by molar-refractivity contribution is -0.122. The van der Waals surface area contributed by atoms with Crippen molar-refractivity contribution in [1.82, 2.24) is 0 Å². The van der Waals surface area contributed by atoms with Gasteiger partial charge >= 0.3 is 0 Å². The Balaban J connectivity index is 2.16. The lowest BCUT2D eigenvalue weighted by Gasteiger charge is -2.37. The predicted octanol–water partition coefficient (Wildman–Crippen LogP) is 3.85. The van der Waals surface area contributed by atoms with Crippen molar-refractivity contribution in [1.29, 1.82) is 0 Å².